The average Bonchev–Trinajstić information content (AvgIpc) is 3.11. The van der Waals surface area contributed by atoms with Gasteiger partial charge in [0.25, 0.3) is 0 Å². The van der Waals surface area contributed by atoms with Crippen molar-refractivity contribution in [3.05, 3.63) is 42.0 Å². The van der Waals surface area contributed by atoms with Gasteiger partial charge in [0.05, 0.1) is 19.8 Å². The largest absolute Gasteiger partial charge is 0.493 e. The highest BCUT2D eigenvalue weighted by Crippen LogP contribution is 2.23. The number of morpholine rings is 1. The van der Waals surface area contributed by atoms with Crippen molar-refractivity contribution in [2.75, 3.05) is 46.0 Å². The Hall–Kier alpha value is -1.36. The van der Waals surface area contributed by atoms with Crippen molar-refractivity contribution in [3.63, 3.8) is 0 Å². The highest BCUT2D eigenvalue weighted by Gasteiger charge is 2.19. The first-order valence-electron chi connectivity index (χ1n) is 9.78. The van der Waals surface area contributed by atoms with Crippen LogP contribution in [0, 0.1) is 0 Å². The van der Waals surface area contributed by atoms with Crippen LogP contribution in [0.2, 0.25) is 0 Å². The Labute approximate surface area is 152 Å². The first kappa shape index (κ1) is 18.4. The van der Waals surface area contributed by atoms with Gasteiger partial charge in [0, 0.05) is 37.8 Å². The highest BCUT2D eigenvalue weighted by molar-refractivity contribution is 5.33. The van der Waals surface area contributed by atoms with E-state index in [2.05, 4.69) is 53.1 Å². The molecule has 1 unspecified atom stereocenters. The van der Waals surface area contributed by atoms with Gasteiger partial charge in [-0.25, -0.2) is 0 Å². The van der Waals surface area contributed by atoms with E-state index in [-0.39, 0.29) is 0 Å². The van der Waals surface area contributed by atoms with E-state index in [1.54, 1.807) is 0 Å². The number of unbranched alkanes of at least 4 members (excludes halogenated alkanes) is 1. The third-order valence-corrected chi connectivity index (χ3v) is 5.16. The molecule has 2 aliphatic heterocycles. The molecular formula is C21H32N2O2. The zero-order valence-electron chi connectivity index (χ0n) is 15.5. The molecule has 1 fully saturated rings. The molecule has 4 nitrogen and oxygen atoms in total. The Kier molecular flexibility index (Phi) is 7.34. The number of ether oxygens (including phenoxy) is 2. The van der Waals surface area contributed by atoms with Crippen LogP contribution in [0.25, 0.3) is 0 Å². The molecule has 0 amide bonds. The lowest BCUT2D eigenvalue weighted by Gasteiger charge is -2.26. The highest BCUT2D eigenvalue weighted by atomic mass is 16.5. The summed E-state index contributed by atoms with van der Waals surface area (Å²) in [6, 6.07) is 9.08. The standard InChI is InChI=1S/C21H32N2O2/c1-2-20-9-7-12-23(20)18-19-8-3-4-10-21(19)25-15-6-5-11-22-13-16-24-17-14-22/h3-4,7-10,20H,2,5-6,11-18H2,1H3. The Morgan fingerprint density at radius 2 is 2.00 bits per heavy atom. The van der Waals surface area contributed by atoms with Gasteiger partial charge in [0.2, 0.25) is 0 Å². The first-order chi connectivity index (χ1) is 12.4. The molecule has 0 radical (unpaired) electrons. The summed E-state index contributed by atoms with van der Waals surface area (Å²) in [6.45, 7) is 10.1. The fourth-order valence-electron chi connectivity index (χ4n) is 3.62. The summed E-state index contributed by atoms with van der Waals surface area (Å²) in [5.41, 5.74) is 1.30. The zero-order chi connectivity index (χ0) is 17.3. The van der Waals surface area contributed by atoms with Crippen molar-refractivity contribution in [2.45, 2.75) is 38.8 Å². The second-order valence-electron chi connectivity index (χ2n) is 6.95. The normalized spacial score (nSPS) is 21.7. The van der Waals surface area contributed by atoms with Crippen LogP contribution < -0.4 is 4.74 Å². The Balaban J connectivity index is 1.41. The van der Waals surface area contributed by atoms with Crippen LogP contribution >= 0.6 is 0 Å². The summed E-state index contributed by atoms with van der Waals surface area (Å²) in [7, 11) is 0. The van der Waals surface area contributed by atoms with Gasteiger partial charge in [0.15, 0.2) is 0 Å². The molecule has 0 N–H and O–H groups in total. The molecule has 2 heterocycles. The molecule has 2 aliphatic rings. The van der Waals surface area contributed by atoms with E-state index in [0.29, 0.717) is 6.04 Å². The molecule has 0 aromatic heterocycles. The van der Waals surface area contributed by atoms with E-state index in [0.717, 1.165) is 64.7 Å². The summed E-state index contributed by atoms with van der Waals surface area (Å²) in [5, 5.41) is 0. The minimum absolute atomic E-state index is 0.571. The molecule has 1 atom stereocenters. The van der Waals surface area contributed by atoms with Crippen molar-refractivity contribution >= 4 is 0 Å². The van der Waals surface area contributed by atoms with Crippen LogP contribution in [0.5, 0.6) is 5.75 Å². The van der Waals surface area contributed by atoms with Crippen molar-refractivity contribution in [3.8, 4) is 5.75 Å². The van der Waals surface area contributed by atoms with Crippen molar-refractivity contribution < 1.29 is 9.47 Å². The Morgan fingerprint density at radius 3 is 2.84 bits per heavy atom. The van der Waals surface area contributed by atoms with E-state index < -0.39 is 0 Å². The molecule has 25 heavy (non-hydrogen) atoms. The van der Waals surface area contributed by atoms with Crippen molar-refractivity contribution in [2.24, 2.45) is 0 Å². The molecule has 138 valence electrons. The summed E-state index contributed by atoms with van der Waals surface area (Å²) in [6.07, 6.45) is 8.07. The third-order valence-electron chi connectivity index (χ3n) is 5.16. The second-order valence-corrected chi connectivity index (χ2v) is 6.95. The number of hydrogen-bond donors (Lipinski definition) is 0. The summed E-state index contributed by atoms with van der Waals surface area (Å²) < 4.78 is 11.5. The van der Waals surface area contributed by atoms with Crippen LogP contribution in [-0.4, -0.2) is 61.8 Å². The van der Waals surface area contributed by atoms with Crippen LogP contribution in [0.3, 0.4) is 0 Å². The predicted molar refractivity (Wildman–Crippen MR) is 102 cm³/mol. The number of hydrogen-bond acceptors (Lipinski definition) is 4. The SMILES string of the molecule is CCC1C=CCN1Cc1ccccc1OCCCCN1CCOCC1. The maximum absolute atomic E-state index is 6.12. The lowest BCUT2D eigenvalue weighted by molar-refractivity contribution is 0.0368. The van der Waals surface area contributed by atoms with E-state index in [4.69, 9.17) is 9.47 Å². The number of nitrogens with zero attached hydrogens (tertiary/aromatic N) is 2. The molecule has 1 saturated heterocycles. The van der Waals surface area contributed by atoms with Gasteiger partial charge in [0.1, 0.15) is 5.75 Å². The molecule has 0 saturated carbocycles. The van der Waals surface area contributed by atoms with Crippen LogP contribution in [0.1, 0.15) is 31.7 Å². The smallest absolute Gasteiger partial charge is 0.123 e. The molecule has 0 bridgehead atoms. The van der Waals surface area contributed by atoms with Gasteiger partial charge in [-0.3, -0.25) is 9.80 Å². The van der Waals surface area contributed by atoms with Gasteiger partial charge in [-0.15, -0.1) is 0 Å². The summed E-state index contributed by atoms with van der Waals surface area (Å²) >= 11 is 0. The minimum atomic E-state index is 0.571. The van der Waals surface area contributed by atoms with E-state index in [9.17, 15) is 0 Å². The van der Waals surface area contributed by atoms with Crippen molar-refractivity contribution in [1.29, 1.82) is 0 Å². The lowest BCUT2D eigenvalue weighted by Crippen LogP contribution is -2.36. The molecule has 4 heteroatoms. The number of rotatable bonds is 9. The quantitative estimate of drug-likeness (QED) is 0.507. The number of benzene rings is 1. The molecule has 1 aromatic carbocycles. The molecule has 1 aromatic rings. The molecule has 0 spiro atoms. The monoisotopic (exact) mass is 344 g/mol. The molecule has 0 aliphatic carbocycles. The second kappa shape index (κ2) is 9.95. The summed E-state index contributed by atoms with van der Waals surface area (Å²) in [4.78, 5) is 5.00. The molecule has 3 rings (SSSR count). The third kappa shape index (κ3) is 5.56. The summed E-state index contributed by atoms with van der Waals surface area (Å²) in [5.74, 6) is 1.05. The van der Waals surface area contributed by atoms with E-state index >= 15 is 0 Å². The Bertz CT molecular complexity index is 540. The lowest BCUT2D eigenvalue weighted by atomic mass is 10.1. The average molecular weight is 344 g/mol. The topological polar surface area (TPSA) is 24.9 Å². The van der Waals surface area contributed by atoms with Gasteiger partial charge in [-0.1, -0.05) is 37.3 Å². The van der Waals surface area contributed by atoms with Gasteiger partial charge in [-0.05, 0) is 31.9 Å². The zero-order valence-corrected chi connectivity index (χ0v) is 15.5. The Morgan fingerprint density at radius 1 is 1.16 bits per heavy atom. The van der Waals surface area contributed by atoms with Crippen LogP contribution in [-0.2, 0) is 11.3 Å². The predicted octanol–water partition coefficient (Wildman–Crippen LogP) is 3.33. The maximum Gasteiger partial charge on any atom is 0.123 e. The first-order valence-corrected chi connectivity index (χ1v) is 9.78. The fraction of sp³-hybridized carbons (Fsp3) is 0.619. The fourth-order valence-corrected chi connectivity index (χ4v) is 3.62. The van der Waals surface area contributed by atoms with Crippen LogP contribution in [0.15, 0.2) is 36.4 Å². The van der Waals surface area contributed by atoms with Crippen LogP contribution in [0.4, 0.5) is 0 Å². The minimum Gasteiger partial charge on any atom is -0.493 e. The van der Waals surface area contributed by atoms with Crippen molar-refractivity contribution in [1.82, 2.24) is 9.80 Å². The number of para-hydroxylation sites is 1. The maximum atomic E-state index is 6.12. The van der Waals surface area contributed by atoms with E-state index in [1.807, 2.05) is 0 Å². The van der Waals surface area contributed by atoms with E-state index in [1.165, 1.54) is 18.4 Å². The van der Waals surface area contributed by atoms with Gasteiger partial charge >= 0.3 is 0 Å². The molecular weight excluding hydrogens is 312 g/mol. The van der Waals surface area contributed by atoms with Gasteiger partial charge < -0.3 is 9.47 Å². The van der Waals surface area contributed by atoms with Gasteiger partial charge in [-0.2, -0.15) is 0 Å².